The molecule has 0 radical (unpaired) electrons. The molecule has 0 unspecified atom stereocenters. The lowest BCUT2D eigenvalue weighted by Crippen LogP contribution is -2.15. The zero-order chi connectivity index (χ0) is 14.5. The first-order valence-corrected chi connectivity index (χ1v) is 6.93. The van der Waals surface area contributed by atoms with Gasteiger partial charge in [-0.3, -0.25) is 0 Å². The van der Waals surface area contributed by atoms with Crippen LogP contribution >= 0.6 is 15.9 Å². The molecule has 0 heterocycles. The molecular formula is C15H14BrF2NO. The molecule has 2 aromatic carbocycles. The van der Waals surface area contributed by atoms with Crippen molar-refractivity contribution in [3.05, 3.63) is 69.2 Å². The van der Waals surface area contributed by atoms with Gasteiger partial charge in [-0.05, 0) is 39.2 Å². The molecule has 2 aromatic rings. The third kappa shape index (κ3) is 3.62. The minimum absolute atomic E-state index is 0.0117. The van der Waals surface area contributed by atoms with Gasteiger partial charge in [0.2, 0.25) is 0 Å². The Morgan fingerprint density at radius 3 is 2.55 bits per heavy atom. The number of hydrogen-bond acceptors (Lipinski definition) is 2. The normalized spacial score (nSPS) is 10.8. The van der Waals surface area contributed by atoms with Gasteiger partial charge in [-0.25, -0.2) is 8.78 Å². The van der Waals surface area contributed by atoms with Crippen LogP contribution in [0.3, 0.4) is 0 Å². The molecule has 5 heteroatoms. The van der Waals surface area contributed by atoms with Gasteiger partial charge < -0.3 is 10.4 Å². The van der Waals surface area contributed by atoms with Crippen LogP contribution in [0.25, 0.3) is 0 Å². The lowest BCUT2D eigenvalue weighted by atomic mass is 10.1. The van der Waals surface area contributed by atoms with Crippen molar-refractivity contribution in [3.63, 3.8) is 0 Å². The average molecular weight is 342 g/mol. The Bertz CT molecular complexity index is 604. The molecule has 0 aliphatic rings. The van der Waals surface area contributed by atoms with Crippen LogP contribution in [0.5, 0.6) is 0 Å². The Labute approximate surface area is 124 Å². The molecule has 0 aromatic heterocycles. The van der Waals surface area contributed by atoms with Crippen LogP contribution in [0, 0.1) is 11.6 Å². The highest BCUT2D eigenvalue weighted by Gasteiger charge is 2.11. The molecule has 0 fully saturated rings. The quantitative estimate of drug-likeness (QED) is 0.815. The predicted octanol–water partition coefficient (Wildman–Crippen LogP) is 3.51. The molecule has 2 rings (SSSR count). The van der Waals surface area contributed by atoms with Gasteiger partial charge in [-0.2, -0.15) is 0 Å². The molecular weight excluding hydrogens is 328 g/mol. The number of hydrogen-bond donors (Lipinski definition) is 2. The lowest BCUT2D eigenvalue weighted by molar-refractivity contribution is 0.281. The molecule has 106 valence electrons. The van der Waals surface area contributed by atoms with Gasteiger partial charge in [0.25, 0.3) is 0 Å². The van der Waals surface area contributed by atoms with Crippen molar-refractivity contribution < 1.29 is 13.9 Å². The third-order valence-electron chi connectivity index (χ3n) is 2.94. The first-order chi connectivity index (χ1) is 9.61. The van der Waals surface area contributed by atoms with Crippen LogP contribution in [0.4, 0.5) is 8.78 Å². The molecule has 2 N–H and O–H groups in total. The summed E-state index contributed by atoms with van der Waals surface area (Å²) in [4.78, 5) is 0. The molecule has 0 spiro atoms. The Balaban J connectivity index is 2.01. The average Bonchev–Trinajstić information content (AvgIpc) is 2.47. The van der Waals surface area contributed by atoms with E-state index in [4.69, 9.17) is 5.11 Å². The maximum Gasteiger partial charge on any atom is 0.144 e. The fourth-order valence-electron chi connectivity index (χ4n) is 1.90. The van der Waals surface area contributed by atoms with Gasteiger partial charge >= 0.3 is 0 Å². The highest BCUT2D eigenvalue weighted by atomic mass is 79.9. The Kier molecular flexibility index (Phi) is 5.23. The minimum Gasteiger partial charge on any atom is -0.392 e. The van der Waals surface area contributed by atoms with Crippen LogP contribution in [0.15, 0.2) is 40.9 Å². The summed E-state index contributed by atoms with van der Waals surface area (Å²) >= 11 is 3.04. The van der Waals surface area contributed by atoms with Crippen LogP contribution in [-0.4, -0.2) is 5.11 Å². The van der Waals surface area contributed by atoms with Crippen molar-refractivity contribution in [1.29, 1.82) is 0 Å². The van der Waals surface area contributed by atoms with Crippen molar-refractivity contribution in [2.45, 2.75) is 19.7 Å². The molecule has 2 nitrogen and oxygen atoms in total. The van der Waals surface area contributed by atoms with E-state index in [1.54, 1.807) is 0 Å². The minimum atomic E-state index is -0.582. The molecule has 0 aliphatic carbocycles. The van der Waals surface area contributed by atoms with E-state index in [0.29, 0.717) is 6.54 Å². The maximum atomic E-state index is 13.7. The van der Waals surface area contributed by atoms with E-state index in [-0.39, 0.29) is 23.2 Å². The third-order valence-corrected chi connectivity index (χ3v) is 3.56. The topological polar surface area (TPSA) is 32.3 Å². The molecule has 0 atom stereocenters. The monoisotopic (exact) mass is 341 g/mol. The SMILES string of the molecule is OCc1cccc(CNCc2c(F)ccc(Br)c2F)c1. The summed E-state index contributed by atoms with van der Waals surface area (Å²) in [6.45, 7) is 0.544. The molecule has 0 bridgehead atoms. The zero-order valence-corrected chi connectivity index (χ0v) is 12.3. The van der Waals surface area contributed by atoms with Crippen molar-refractivity contribution >= 4 is 15.9 Å². The van der Waals surface area contributed by atoms with Crippen LogP contribution in [0.1, 0.15) is 16.7 Å². The van der Waals surface area contributed by atoms with E-state index in [2.05, 4.69) is 21.2 Å². The number of aliphatic hydroxyl groups is 1. The Morgan fingerprint density at radius 2 is 1.80 bits per heavy atom. The first kappa shape index (κ1) is 15.1. The second kappa shape index (κ2) is 6.92. The largest absolute Gasteiger partial charge is 0.392 e. The first-order valence-electron chi connectivity index (χ1n) is 6.13. The van der Waals surface area contributed by atoms with Gasteiger partial charge in [0.15, 0.2) is 0 Å². The Morgan fingerprint density at radius 1 is 1.05 bits per heavy atom. The molecule has 0 saturated heterocycles. The number of halogens is 3. The fraction of sp³-hybridized carbons (Fsp3) is 0.200. The number of aliphatic hydroxyl groups excluding tert-OH is 1. The zero-order valence-electron chi connectivity index (χ0n) is 10.7. The number of nitrogens with one attached hydrogen (secondary N) is 1. The molecule has 0 amide bonds. The second-order valence-corrected chi connectivity index (χ2v) is 5.26. The molecule has 0 aliphatic heterocycles. The van der Waals surface area contributed by atoms with Crippen LogP contribution in [-0.2, 0) is 19.7 Å². The van der Waals surface area contributed by atoms with Crippen molar-refractivity contribution in [2.24, 2.45) is 0 Å². The Hall–Kier alpha value is -1.30. The van der Waals surface area contributed by atoms with Crippen molar-refractivity contribution in [3.8, 4) is 0 Å². The van der Waals surface area contributed by atoms with Gasteiger partial charge in [0.1, 0.15) is 11.6 Å². The van der Waals surface area contributed by atoms with Gasteiger partial charge in [0, 0.05) is 18.7 Å². The van der Waals surface area contributed by atoms with E-state index < -0.39 is 11.6 Å². The molecule has 20 heavy (non-hydrogen) atoms. The van der Waals surface area contributed by atoms with E-state index in [0.717, 1.165) is 11.1 Å². The summed E-state index contributed by atoms with van der Waals surface area (Å²) in [7, 11) is 0. The number of rotatable bonds is 5. The fourth-order valence-corrected chi connectivity index (χ4v) is 2.27. The van der Waals surface area contributed by atoms with E-state index in [9.17, 15) is 8.78 Å². The highest BCUT2D eigenvalue weighted by Crippen LogP contribution is 2.21. The van der Waals surface area contributed by atoms with E-state index in [1.807, 2.05) is 24.3 Å². The van der Waals surface area contributed by atoms with Crippen LogP contribution in [0.2, 0.25) is 0 Å². The van der Waals surface area contributed by atoms with Gasteiger partial charge in [-0.1, -0.05) is 24.3 Å². The summed E-state index contributed by atoms with van der Waals surface area (Å²) in [6.07, 6.45) is 0. The summed E-state index contributed by atoms with van der Waals surface area (Å²) in [5.74, 6) is -1.15. The van der Waals surface area contributed by atoms with Gasteiger partial charge in [-0.15, -0.1) is 0 Å². The summed E-state index contributed by atoms with van der Waals surface area (Å²) in [6, 6.07) is 9.97. The summed E-state index contributed by atoms with van der Waals surface area (Å²) in [5, 5.41) is 12.0. The van der Waals surface area contributed by atoms with E-state index in [1.165, 1.54) is 12.1 Å². The van der Waals surface area contributed by atoms with Crippen molar-refractivity contribution in [1.82, 2.24) is 5.32 Å². The van der Waals surface area contributed by atoms with Crippen molar-refractivity contribution in [2.75, 3.05) is 0 Å². The molecule has 0 saturated carbocycles. The standard InChI is InChI=1S/C15H14BrF2NO/c16-13-4-5-14(17)12(15(13)18)8-19-7-10-2-1-3-11(6-10)9-20/h1-6,19-20H,7-9H2. The predicted molar refractivity (Wildman–Crippen MR) is 77.0 cm³/mol. The van der Waals surface area contributed by atoms with Crippen LogP contribution < -0.4 is 5.32 Å². The smallest absolute Gasteiger partial charge is 0.144 e. The summed E-state index contributed by atoms with van der Waals surface area (Å²) in [5.41, 5.74) is 1.77. The highest BCUT2D eigenvalue weighted by molar-refractivity contribution is 9.10. The van der Waals surface area contributed by atoms with Gasteiger partial charge in [0.05, 0.1) is 11.1 Å². The lowest BCUT2D eigenvalue weighted by Gasteiger charge is -2.09. The number of benzene rings is 2. The van der Waals surface area contributed by atoms with E-state index >= 15 is 0 Å². The second-order valence-electron chi connectivity index (χ2n) is 4.40. The maximum absolute atomic E-state index is 13.7. The summed E-state index contributed by atoms with van der Waals surface area (Å²) < 4.78 is 27.5.